The zero-order valence-electron chi connectivity index (χ0n) is 29.8. The minimum atomic E-state index is 1.12. The zero-order valence-corrected chi connectivity index (χ0v) is 29.8. The van der Waals surface area contributed by atoms with E-state index in [1.165, 1.54) is 33.5 Å². The van der Waals surface area contributed by atoms with E-state index in [9.17, 15) is 0 Å². The van der Waals surface area contributed by atoms with Crippen molar-refractivity contribution in [1.29, 1.82) is 0 Å². The maximum absolute atomic E-state index is 2.34. The Kier molecular flexibility index (Phi) is 9.76. The van der Waals surface area contributed by atoms with Crippen LogP contribution in [0.5, 0.6) is 0 Å². The monoisotopic (exact) mass is 680 g/mol. The summed E-state index contributed by atoms with van der Waals surface area (Å²) in [6.45, 7) is 2.17. The predicted molar refractivity (Wildman–Crippen MR) is 227 cm³/mol. The van der Waals surface area contributed by atoms with Crippen molar-refractivity contribution in [2.45, 2.75) is 6.92 Å². The molecular weight excluding hydrogens is 641 g/mol. The molecule has 8 aromatic rings. The van der Waals surface area contributed by atoms with Gasteiger partial charge in [-0.2, -0.15) is 0 Å². The molecule has 0 unspecified atom stereocenters. The lowest BCUT2D eigenvalue weighted by molar-refractivity contribution is 1.25. The van der Waals surface area contributed by atoms with Gasteiger partial charge in [0.15, 0.2) is 0 Å². The Balaban J connectivity index is 0.986. The molecule has 0 radical (unpaired) electrons. The van der Waals surface area contributed by atoms with Crippen molar-refractivity contribution < 1.29 is 0 Å². The van der Waals surface area contributed by atoms with Gasteiger partial charge in [-0.1, -0.05) is 158 Å². The lowest BCUT2D eigenvalue weighted by Crippen LogP contribution is -2.11. The largest absolute Gasteiger partial charge is 0.311 e. The van der Waals surface area contributed by atoms with Gasteiger partial charge in [-0.3, -0.25) is 0 Å². The van der Waals surface area contributed by atoms with E-state index in [2.05, 4.69) is 241 Å². The van der Waals surface area contributed by atoms with E-state index in [0.717, 1.165) is 39.6 Å². The van der Waals surface area contributed by atoms with Crippen molar-refractivity contribution in [2.24, 2.45) is 0 Å². The molecule has 0 N–H and O–H groups in total. The third kappa shape index (κ3) is 7.58. The molecule has 0 aliphatic carbocycles. The highest BCUT2D eigenvalue weighted by molar-refractivity contribution is 5.82. The quantitative estimate of drug-likeness (QED) is 0.133. The fourth-order valence-corrected chi connectivity index (χ4v) is 6.79. The number of hydrogen-bond donors (Lipinski definition) is 0. The normalized spacial score (nSPS) is 11.0. The van der Waals surface area contributed by atoms with Crippen LogP contribution in [0.1, 0.15) is 16.7 Å². The molecular formula is C51H40N2. The molecule has 53 heavy (non-hydrogen) atoms. The van der Waals surface area contributed by atoms with Gasteiger partial charge in [0.1, 0.15) is 0 Å². The summed E-state index contributed by atoms with van der Waals surface area (Å²) in [6, 6.07) is 75.4. The van der Waals surface area contributed by atoms with Gasteiger partial charge >= 0.3 is 0 Å². The fourth-order valence-electron chi connectivity index (χ4n) is 6.79. The molecule has 0 aliphatic rings. The topological polar surface area (TPSA) is 6.48 Å². The molecule has 0 amide bonds. The lowest BCUT2D eigenvalue weighted by Gasteiger charge is -2.27. The molecule has 0 aliphatic heterocycles. The summed E-state index contributed by atoms with van der Waals surface area (Å²) in [6.07, 6.45) is 4.36. The first-order valence-corrected chi connectivity index (χ1v) is 18.1. The second kappa shape index (κ2) is 15.6. The average Bonchev–Trinajstić information content (AvgIpc) is 3.23. The second-order valence-corrected chi connectivity index (χ2v) is 13.1. The highest BCUT2D eigenvalue weighted by Gasteiger charge is 2.15. The van der Waals surface area contributed by atoms with E-state index in [4.69, 9.17) is 0 Å². The second-order valence-electron chi connectivity index (χ2n) is 13.1. The minimum Gasteiger partial charge on any atom is -0.311 e. The number of nitrogens with zero attached hydrogens (tertiary/aromatic N) is 2. The maximum atomic E-state index is 2.34. The van der Waals surface area contributed by atoms with Gasteiger partial charge in [-0.05, 0) is 113 Å². The van der Waals surface area contributed by atoms with Crippen molar-refractivity contribution in [3.8, 4) is 22.3 Å². The van der Waals surface area contributed by atoms with Crippen LogP contribution < -0.4 is 9.80 Å². The van der Waals surface area contributed by atoms with Crippen LogP contribution in [0.25, 0.3) is 34.4 Å². The van der Waals surface area contributed by atoms with Gasteiger partial charge in [0.2, 0.25) is 0 Å². The van der Waals surface area contributed by atoms with Crippen molar-refractivity contribution in [3.63, 3.8) is 0 Å². The fraction of sp³-hybridized carbons (Fsp3) is 0.0196. The zero-order chi connectivity index (χ0) is 35.8. The number of hydrogen-bond acceptors (Lipinski definition) is 2. The highest BCUT2D eigenvalue weighted by Crippen LogP contribution is 2.38. The van der Waals surface area contributed by atoms with Crippen molar-refractivity contribution in [3.05, 3.63) is 229 Å². The molecule has 8 aromatic carbocycles. The average molecular weight is 681 g/mol. The van der Waals surface area contributed by atoms with Gasteiger partial charge < -0.3 is 9.80 Å². The molecule has 0 saturated carbocycles. The Labute approximate surface area is 313 Å². The van der Waals surface area contributed by atoms with Crippen LogP contribution >= 0.6 is 0 Å². The van der Waals surface area contributed by atoms with Crippen LogP contribution in [-0.2, 0) is 0 Å². The van der Waals surface area contributed by atoms with E-state index >= 15 is 0 Å². The number of benzene rings is 8. The van der Waals surface area contributed by atoms with Gasteiger partial charge in [0.25, 0.3) is 0 Å². The van der Waals surface area contributed by atoms with Crippen LogP contribution in [0.3, 0.4) is 0 Å². The van der Waals surface area contributed by atoms with E-state index < -0.39 is 0 Å². The molecule has 0 heterocycles. The molecule has 0 aromatic heterocycles. The summed E-state index contributed by atoms with van der Waals surface area (Å²) in [7, 11) is 0. The van der Waals surface area contributed by atoms with Gasteiger partial charge in [-0.15, -0.1) is 0 Å². The van der Waals surface area contributed by atoms with Gasteiger partial charge in [0.05, 0.1) is 0 Å². The first kappa shape index (κ1) is 33.3. The summed E-state index contributed by atoms with van der Waals surface area (Å²) in [5, 5.41) is 0. The lowest BCUT2D eigenvalue weighted by atomic mass is 10.0. The highest BCUT2D eigenvalue weighted by atomic mass is 15.1. The van der Waals surface area contributed by atoms with E-state index in [1.807, 2.05) is 0 Å². The number of anilines is 6. The molecule has 0 fully saturated rings. The third-order valence-electron chi connectivity index (χ3n) is 9.61. The van der Waals surface area contributed by atoms with Crippen molar-refractivity contribution >= 4 is 46.3 Å². The molecule has 0 atom stereocenters. The summed E-state index contributed by atoms with van der Waals surface area (Å²) in [5.41, 5.74) is 15.2. The number of para-hydroxylation sites is 3. The maximum Gasteiger partial charge on any atom is 0.0490 e. The minimum absolute atomic E-state index is 1.12. The molecule has 8 rings (SSSR count). The Hall–Kier alpha value is -6.90. The van der Waals surface area contributed by atoms with E-state index in [-0.39, 0.29) is 0 Å². The Morgan fingerprint density at radius 3 is 1.08 bits per heavy atom. The van der Waals surface area contributed by atoms with Crippen LogP contribution in [0.4, 0.5) is 34.1 Å². The Morgan fingerprint density at radius 2 is 0.604 bits per heavy atom. The molecule has 0 bridgehead atoms. The molecule has 254 valence electrons. The number of aryl methyl sites for hydroxylation is 1. The predicted octanol–water partition coefficient (Wildman–Crippen LogP) is 14.4. The summed E-state index contributed by atoms with van der Waals surface area (Å²) in [5.74, 6) is 0. The van der Waals surface area contributed by atoms with E-state index in [1.54, 1.807) is 0 Å². The first-order chi connectivity index (χ1) is 26.2. The third-order valence-corrected chi connectivity index (χ3v) is 9.61. The smallest absolute Gasteiger partial charge is 0.0490 e. The molecule has 0 saturated heterocycles. The van der Waals surface area contributed by atoms with Crippen molar-refractivity contribution in [1.82, 2.24) is 0 Å². The summed E-state index contributed by atoms with van der Waals surface area (Å²) in [4.78, 5) is 4.62. The van der Waals surface area contributed by atoms with Crippen LogP contribution in [0, 0.1) is 6.92 Å². The molecule has 0 spiro atoms. The SMILES string of the molecule is Cc1ccccc1N(c1ccc(/C=C/c2ccc(-c3ccc(N(c4ccccc4)c4ccccc4)cc3)cc2)cc1)c1ccc(-c2ccccc2)cc1. The Morgan fingerprint density at radius 1 is 0.283 bits per heavy atom. The van der Waals surface area contributed by atoms with Gasteiger partial charge in [0, 0.05) is 34.1 Å². The first-order valence-electron chi connectivity index (χ1n) is 18.1. The molecule has 2 nitrogen and oxygen atoms in total. The van der Waals surface area contributed by atoms with Crippen LogP contribution in [-0.4, -0.2) is 0 Å². The molecule has 2 heteroatoms. The Bertz CT molecular complexity index is 2360. The van der Waals surface area contributed by atoms with Gasteiger partial charge in [-0.25, -0.2) is 0 Å². The standard InChI is InChI=1S/C51H40N2/c1-39-13-11-12-20-51(39)53(50-37-31-44(32-38-50)42-14-5-2-6-15-42)49-33-25-41(26-34-49)22-21-40-23-27-43(28-24-40)45-29-35-48(36-30-45)52(46-16-7-3-8-17-46)47-18-9-4-10-19-47/h2-38H,1H3/b22-21+. The summed E-state index contributed by atoms with van der Waals surface area (Å²) >= 11 is 0. The summed E-state index contributed by atoms with van der Waals surface area (Å²) < 4.78 is 0. The van der Waals surface area contributed by atoms with Crippen molar-refractivity contribution in [2.75, 3.05) is 9.80 Å². The van der Waals surface area contributed by atoms with E-state index in [0.29, 0.717) is 0 Å². The van der Waals surface area contributed by atoms with Crippen LogP contribution in [0.15, 0.2) is 212 Å². The van der Waals surface area contributed by atoms with Crippen LogP contribution in [0.2, 0.25) is 0 Å². The number of rotatable bonds is 10.